The second-order valence-electron chi connectivity index (χ2n) is 9.44. The van der Waals surface area contributed by atoms with Gasteiger partial charge in [0.05, 0.1) is 6.17 Å². The fourth-order valence-electron chi connectivity index (χ4n) is 6.04. The van der Waals surface area contributed by atoms with Crippen LogP contribution < -0.4 is 5.32 Å². The molecule has 2 nitrogen and oxygen atoms in total. The molecule has 4 aliphatic rings. The minimum atomic E-state index is 0.727. The number of rotatable bonds is 3. The number of fused-ring (bicyclic) bond motifs is 6. The number of piperidine rings is 1. The van der Waals surface area contributed by atoms with Crippen LogP contribution in [-0.4, -0.2) is 40.2 Å². The summed E-state index contributed by atoms with van der Waals surface area (Å²) in [4.78, 5) is 2.93. The highest BCUT2D eigenvalue weighted by Crippen LogP contribution is 2.49. The first kappa shape index (κ1) is 19.3. The van der Waals surface area contributed by atoms with Crippen molar-refractivity contribution in [1.82, 2.24) is 10.2 Å². The second-order valence-corrected chi connectivity index (χ2v) is 10.9. The van der Waals surface area contributed by atoms with E-state index in [-0.39, 0.29) is 0 Å². The zero-order valence-corrected chi connectivity index (χ0v) is 17.7. The number of hydrogen-bond acceptors (Lipinski definition) is 3. The van der Waals surface area contributed by atoms with Crippen molar-refractivity contribution in [2.75, 3.05) is 6.54 Å². The monoisotopic (exact) mass is 376 g/mol. The maximum Gasteiger partial charge on any atom is 0.0765 e. The smallest absolute Gasteiger partial charge is 0.0765 e. The van der Waals surface area contributed by atoms with Crippen molar-refractivity contribution < 1.29 is 0 Å². The molecule has 0 aliphatic carbocycles. The molecule has 148 valence electrons. The summed E-state index contributed by atoms with van der Waals surface area (Å²) in [5.41, 5.74) is 0. The van der Waals surface area contributed by atoms with Gasteiger partial charge in [-0.1, -0.05) is 57.9 Å². The molecule has 0 radical (unpaired) electrons. The van der Waals surface area contributed by atoms with Crippen LogP contribution in [0.1, 0.15) is 84.0 Å². The fraction of sp³-hybridized carbons (Fsp3) is 0.913. The first-order valence-electron chi connectivity index (χ1n) is 11.6. The van der Waals surface area contributed by atoms with Crippen molar-refractivity contribution in [3.63, 3.8) is 0 Å². The summed E-state index contributed by atoms with van der Waals surface area (Å²) in [7, 11) is 0. The van der Waals surface area contributed by atoms with E-state index < -0.39 is 0 Å². The molecule has 4 saturated heterocycles. The van der Waals surface area contributed by atoms with E-state index in [9.17, 15) is 0 Å². The van der Waals surface area contributed by atoms with Crippen LogP contribution in [0.25, 0.3) is 0 Å². The number of hydrogen-bond donors (Lipinski definition) is 1. The molecule has 4 rings (SSSR count). The van der Waals surface area contributed by atoms with Crippen molar-refractivity contribution in [3.05, 3.63) is 12.7 Å². The Morgan fingerprint density at radius 2 is 1.77 bits per heavy atom. The molecule has 7 unspecified atom stereocenters. The lowest BCUT2D eigenvalue weighted by Gasteiger charge is -2.47. The summed E-state index contributed by atoms with van der Waals surface area (Å²) >= 11 is 2.41. The van der Waals surface area contributed by atoms with Crippen LogP contribution in [0.3, 0.4) is 0 Å². The third-order valence-electron chi connectivity index (χ3n) is 7.59. The van der Waals surface area contributed by atoms with E-state index >= 15 is 0 Å². The average Bonchev–Trinajstić information content (AvgIpc) is 3.40. The zero-order chi connectivity index (χ0) is 17.9. The van der Waals surface area contributed by atoms with Gasteiger partial charge in [-0.25, -0.2) is 0 Å². The Bertz CT molecular complexity index is 467. The summed E-state index contributed by atoms with van der Waals surface area (Å²) in [6.45, 7) is 7.83. The van der Waals surface area contributed by atoms with Gasteiger partial charge in [-0.15, -0.1) is 6.58 Å². The van der Waals surface area contributed by atoms with Gasteiger partial charge in [0.2, 0.25) is 0 Å². The van der Waals surface area contributed by atoms with Crippen molar-refractivity contribution in [2.45, 2.75) is 113 Å². The molecular weight excluding hydrogens is 336 g/mol. The predicted molar refractivity (Wildman–Crippen MR) is 115 cm³/mol. The van der Waals surface area contributed by atoms with E-state index in [0.717, 1.165) is 40.6 Å². The molecule has 26 heavy (non-hydrogen) atoms. The van der Waals surface area contributed by atoms with Crippen LogP contribution >= 0.6 is 11.8 Å². The highest BCUT2D eigenvalue weighted by atomic mass is 32.2. The molecule has 0 bridgehead atoms. The Morgan fingerprint density at radius 1 is 1.04 bits per heavy atom. The largest absolute Gasteiger partial charge is 0.294 e. The average molecular weight is 377 g/mol. The maximum absolute atomic E-state index is 4.02. The van der Waals surface area contributed by atoms with Crippen molar-refractivity contribution in [3.8, 4) is 0 Å². The van der Waals surface area contributed by atoms with Crippen LogP contribution in [0.2, 0.25) is 0 Å². The third kappa shape index (κ3) is 4.20. The highest BCUT2D eigenvalue weighted by molar-refractivity contribution is 8.00. The molecule has 0 saturated carbocycles. The third-order valence-corrected chi connectivity index (χ3v) is 9.62. The normalized spacial score (nSPS) is 43.0. The van der Waals surface area contributed by atoms with Gasteiger partial charge in [-0.2, -0.15) is 11.8 Å². The molecule has 0 spiro atoms. The SMILES string of the molecule is C=CCC(C)C1CCCCC2C3NC3N3CCCCCCCCC3C2S1. The molecule has 3 heteroatoms. The second kappa shape index (κ2) is 9.01. The highest BCUT2D eigenvalue weighted by Gasteiger charge is 2.57. The summed E-state index contributed by atoms with van der Waals surface area (Å²) in [6, 6.07) is 1.64. The first-order chi connectivity index (χ1) is 12.8. The molecule has 0 aromatic rings. The Labute approximate surface area is 165 Å². The topological polar surface area (TPSA) is 25.2 Å². The minimum absolute atomic E-state index is 0.727. The predicted octanol–water partition coefficient (Wildman–Crippen LogP) is 5.59. The summed E-state index contributed by atoms with van der Waals surface area (Å²) in [5.74, 6) is 1.71. The van der Waals surface area contributed by atoms with E-state index in [1.165, 1.54) is 83.6 Å². The van der Waals surface area contributed by atoms with Gasteiger partial charge < -0.3 is 0 Å². The summed E-state index contributed by atoms with van der Waals surface area (Å²) in [6.07, 6.45) is 20.0. The molecule has 4 heterocycles. The van der Waals surface area contributed by atoms with Gasteiger partial charge >= 0.3 is 0 Å². The number of nitrogens with zero attached hydrogens (tertiary/aromatic N) is 1. The van der Waals surface area contributed by atoms with Crippen LogP contribution in [0.5, 0.6) is 0 Å². The van der Waals surface area contributed by atoms with Crippen molar-refractivity contribution in [1.29, 1.82) is 0 Å². The van der Waals surface area contributed by atoms with Crippen molar-refractivity contribution >= 4 is 11.8 Å². The molecule has 4 fully saturated rings. The molecular formula is C23H40N2S. The summed E-state index contributed by atoms with van der Waals surface area (Å²) < 4.78 is 0. The Kier molecular flexibility index (Phi) is 6.70. The first-order valence-corrected chi connectivity index (χ1v) is 12.5. The van der Waals surface area contributed by atoms with E-state index in [1.54, 1.807) is 0 Å². The zero-order valence-electron chi connectivity index (χ0n) is 16.9. The van der Waals surface area contributed by atoms with E-state index in [0.29, 0.717) is 0 Å². The minimum Gasteiger partial charge on any atom is -0.294 e. The Morgan fingerprint density at radius 3 is 2.62 bits per heavy atom. The lowest BCUT2D eigenvalue weighted by Crippen LogP contribution is -2.54. The molecule has 0 aromatic carbocycles. The van der Waals surface area contributed by atoms with Crippen LogP contribution in [-0.2, 0) is 0 Å². The number of allylic oxidation sites excluding steroid dienone is 1. The summed E-state index contributed by atoms with van der Waals surface area (Å²) in [5, 5.41) is 5.63. The quantitative estimate of drug-likeness (QED) is 0.514. The lowest BCUT2D eigenvalue weighted by atomic mass is 9.83. The van der Waals surface area contributed by atoms with Gasteiger partial charge in [-0.05, 0) is 43.9 Å². The van der Waals surface area contributed by atoms with Gasteiger partial charge in [0.1, 0.15) is 0 Å². The van der Waals surface area contributed by atoms with Crippen LogP contribution in [0.4, 0.5) is 0 Å². The molecule has 7 atom stereocenters. The van der Waals surface area contributed by atoms with Crippen molar-refractivity contribution in [2.24, 2.45) is 11.8 Å². The van der Waals surface area contributed by atoms with Crippen LogP contribution in [0.15, 0.2) is 12.7 Å². The number of thioether (sulfide) groups is 1. The Hall–Kier alpha value is 0.0100. The van der Waals surface area contributed by atoms with E-state index in [2.05, 4.69) is 41.6 Å². The van der Waals surface area contributed by atoms with Crippen LogP contribution in [0, 0.1) is 11.8 Å². The molecule has 0 amide bonds. The van der Waals surface area contributed by atoms with E-state index in [4.69, 9.17) is 0 Å². The standard InChI is InChI=1S/C23H40N2S/c1-3-12-17(2)20-15-10-9-13-18-21-23(24-21)25-16-11-7-5-4-6-8-14-19(25)22(18)26-20/h3,17-24H,1,4-16H2,2H3. The number of nitrogens with one attached hydrogen (secondary N) is 1. The van der Waals surface area contributed by atoms with E-state index in [1.807, 2.05) is 0 Å². The Balaban J connectivity index is 1.53. The van der Waals surface area contributed by atoms with Gasteiger partial charge in [0, 0.05) is 29.1 Å². The molecule has 4 aliphatic heterocycles. The van der Waals surface area contributed by atoms with Gasteiger partial charge in [0.15, 0.2) is 0 Å². The molecule has 0 aromatic heterocycles. The lowest BCUT2D eigenvalue weighted by molar-refractivity contribution is 0.106. The molecule has 1 N–H and O–H groups in total. The fourth-order valence-corrected chi connectivity index (χ4v) is 8.11. The van der Waals surface area contributed by atoms with Gasteiger partial charge in [-0.3, -0.25) is 10.2 Å². The van der Waals surface area contributed by atoms with Gasteiger partial charge in [0.25, 0.3) is 0 Å². The maximum atomic E-state index is 4.02.